The number of thiophene rings is 1. The number of rotatable bonds is 4. The molecule has 8 aromatic carbocycles. The van der Waals surface area contributed by atoms with Gasteiger partial charge in [0.15, 0.2) is 0 Å². The van der Waals surface area contributed by atoms with Gasteiger partial charge in [0.05, 0.1) is 11.2 Å². The van der Waals surface area contributed by atoms with Crippen molar-refractivity contribution in [1.29, 1.82) is 0 Å². The van der Waals surface area contributed by atoms with Crippen LogP contribution in [0.15, 0.2) is 180 Å². The first-order valence-corrected chi connectivity index (χ1v) is 18.4. The molecule has 0 unspecified atom stereocenters. The predicted octanol–water partition coefficient (Wildman–Crippen LogP) is 14.3. The summed E-state index contributed by atoms with van der Waals surface area (Å²) in [6.07, 6.45) is 0. The van der Waals surface area contributed by atoms with Gasteiger partial charge in [-0.25, -0.2) is 4.98 Å². The molecule has 0 saturated carbocycles. The van der Waals surface area contributed by atoms with Crippen LogP contribution in [-0.4, -0.2) is 4.98 Å². The molecular weight excluding hydrogens is 651 g/mol. The van der Waals surface area contributed by atoms with Crippen LogP contribution in [0.4, 0.5) is 0 Å². The van der Waals surface area contributed by atoms with E-state index in [1.807, 2.05) is 17.4 Å². The van der Waals surface area contributed by atoms with Crippen LogP contribution in [-0.2, 0) is 0 Å². The Morgan fingerprint density at radius 2 is 0.962 bits per heavy atom. The number of nitrogens with zero attached hydrogens (tertiary/aromatic N) is 1. The lowest BCUT2D eigenvalue weighted by molar-refractivity contribution is 0.669. The van der Waals surface area contributed by atoms with Gasteiger partial charge in [-0.05, 0) is 64.2 Å². The largest absolute Gasteiger partial charge is 0.456 e. The fourth-order valence-corrected chi connectivity index (χ4v) is 9.10. The summed E-state index contributed by atoms with van der Waals surface area (Å²) in [7, 11) is 0. The van der Waals surface area contributed by atoms with Gasteiger partial charge in [0.25, 0.3) is 0 Å². The Hall–Kier alpha value is -6.55. The lowest BCUT2D eigenvalue weighted by Crippen LogP contribution is -1.93. The molecule has 0 N–H and O–H groups in total. The van der Waals surface area contributed by atoms with Crippen LogP contribution in [0.2, 0.25) is 0 Å². The molecule has 3 heterocycles. The Bertz CT molecular complexity index is 3150. The van der Waals surface area contributed by atoms with Crippen molar-refractivity contribution < 1.29 is 4.42 Å². The van der Waals surface area contributed by atoms with Gasteiger partial charge in [0, 0.05) is 58.2 Å². The van der Waals surface area contributed by atoms with Crippen molar-refractivity contribution >= 4 is 75.1 Å². The summed E-state index contributed by atoms with van der Waals surface area (Å²) in [5.41, 5.74) is 11.9. The molecule has 0 saturated heterocycles. The van der Waals surface area contributed by atoms with E-state index in [0.717, 1.165) is 55.0 Å². The zero-order valence-electron chi connectivity index (χ0n) is 28.0. The monoisotopic (exact) mass is 679 g/mol. The molecular formula is C49H29NOS. The van der Waals surface area contributed by atoms with E-state index in [0.29, 0.717) is 0 Å². The summed E-state index contributed by atoms with van der Waals surface area (Å²) in [6, 6.07) is 63.1. The lowest BCUT2D eigenvalue weighted by Gasteiger charge is -2.16. The van der Waals surface area contributed by atoms with Crippen molar-refractivity contribution in [3.05, 3.63) is 176 Å². The molecule has 2 nitrogen and oxygen atoms in total. The molecule has 0 atom stereocenters. The highest BCUT2D eigenvalue weighted by molar-refractivity contribution is 7.25. The molecule has 11 rings (SSSR count). The second-order valence-electron chi connectivity index (χ2n) is 13.5. The van der Waals surface area contributed by atoms with Gasteiger partial charge in [-0.2, -0.15) is 0 Å². The van der Waals surface area contributed by atoms with Crippen molar-refractivity contribution in [3.8, 4) is 44.6 Å². The van der Waals surface area contributed by atoms with Crippen LogP contribution < -0.4 is 0 Å². The minimum Gasteiger partial charge on any atom is -0.456 e. The van der Waals surface area contributed by atoms with Crippen molar-refractivity contribution in [1.82, 2.24) is 4.98 Å². The molecule has 3 heteroatoms. The number of pyridine rings is 1. The van der Waals surface area contributed by atoms with Gasteiger partial charge >= 0.3 is 0 Å². The molecule has 0 aliphatic heterocycles. The van der Waals surface area contributed by atoms with E-state index in [4.69, 9.17) is 9.40 Å². The van der Waals surface area contributed by atoms with Gasteiger partial charge in [-0.3, -0.25) is 0 Å². The first-order chi connectivity index (χ1) is 25.8. The molecule has 3 aromatic heterocycles. The molecule has 0 bridgehead atoms. The highest BCUT2D eigenvalue weighted by Crippen LogP contribution is 2.46. The van der Waals surface area contributed by atoms with E-state index in [1.165, 1.54) is 53.4 Å². The Morgan fingerprint density at radius 3 is 1.75 bits per heavy atom. The standard InChI is InChI=1S/C49H29NOS/c1-2-10-34(11-3-1)49-40-29-43-48(38-14-5-8-16-42(38)51-43)46(47(40)37-13-4-7-15-41(37)50-49)33-24-22-31(23-25-33)30-18-20-32(21-19-30)35-26-27-45-39(28-35)36-12-6-9-17-44(36)52-45/h1-29H. The molecule has 242 valence electrons. The second kappa shape index (κ2) is 11.5. The van der Waals surface area contributed by atoms with Crippen LogP contribution in [0.3, 0.4) is 0 Å². The molecule has 0 amide bonds. The van der Waals surface area contributed by atoms with Crippen molar-refractivity contribution in [2.24, 2.45) is 0 Å². The summed E-state index contributed by atoms with van der Waals surface area (Å²) in [6.45, 7) is 0. The zero-order chi connectivity index (χ0) is 34.2. The smallest absolute Gasteiger partial charge is 0.136 e. The zero-order valence-corrected chi connectivity index (χ0v) is 28.8. The topological polar surface area (TPSA) is 26.0 Å². The van der Waals surface area contributed by atoms with E-state index < -0.39 is 0 Å². The van der Waals surface area contributed by atoms with Crippen molar-refractivity contribution in [3.63, 3.8) is 0 Å². The summed E-state index contributed by atoms with van der Waals surface area (Å²) < 4.78 is 9.24. The molecule has 52 heavy (non-hydrogen) atoms. The molecule has 0 spiro atoms. The highest BCUT2D eigenvalue weighted by Gasteiger charge is 2.21. The number of fused-ring (bicyclic) bond motifs is 9. The van der Waals surface area contributed by atoms with E-state index in [9.17, 15) is 0 Å². The fraction of sp³-hybridized carbons (Fsp3) is 0. The normalized spacial score (nSPS) is 11.8. The first-order valence-electron chi connectivity index (χ1n) is 17.6. The van der Waals surface area contributed by atoms with Gasteiger partial charge in [0.2, 0.25) is 0 Å². The lowest BCUT2D eigenvalue weighted by atomic mass is 9.89. The number of benzene rings is 8. The third-order valence-corrected chi connectivity index (χ3v) is 11.6. The maximum atomic E-state index is 6.58. The average Bonchev–Trinajstić information content (AvgIpc) is 3.78. The molecule has 0 aliphatic rings. The maximum absolute atomic E-state index is 6.58. The Balaban J connectivity index is 1.07. The summed E-state index contributed by atoms with van der Waals surface area (Å²) in [5, 5.41) is 8.30. The predicted molar refractivity (Wildman–Crippen MR) is 221 cm³/mol. The first kappa shape index (κ1) is 29.2. The Kier molecular flexibility index (Phi) is 6.46. The van der Waals surface area contributed by atoms with Gasteiger partial charge in [-0.1, -0.05) is 140 Å². The van der Waals surface area contributed by atoms with Crippen molar-refractivity contribution in [2.75, 3.05) is 0 Å². The van der Waals surface area contributed by atoms with Crippen LogP contribution in [0.1, 0.15) is 0 Å². The summed E-state index contributed by atoms with van der Waals surface area (Å²) >= 11 is 1.86. The quantitative estimate of drug-likeness (QED) is 0.173. The minimum absolute atomic E-state index is 0.867. The maximum Gasteiger partial charge on any atom is 0.136 e. The molecule has 0 radical (unpaired) electrons. The fourth-order valence-electron chi connectivity index (χ4n) is 8.01. The van der Waals surface area contributed by atoms with Crippen molar-refractivity contribution in [2.45, 2.75) is 0 Å². The number of furan rings is 1. The number of hydrogen-bond donors (Lipinski definition) is 0. The third-order valence-electron chi connectivity index (χ3n) is 10.5. The molecule has 0 fully saturated rings. The van der Waals surface area contributed by atoms with E-state index >= 15 is 0 Å². The van der Waals surface area contributed by atoms with Crippen LogP contribution in [0, 0.1) is 0 Å². The van der Waals surface area contributed by atoms with Gasteiger partial charge < -0.3 is 4.42 Å². The number of hydrogen-bond acceptors (Lipinski definition) is 3. The Labute approximate surface area is 303 Å². The SMILES string of the molecule is c1ccc(-c2nc3ccccc3c3c(-c4ccc(-c5ccc(-c6ccc7sc8ccccc8c7c6)cc5)cc4)c4c(cc23)oc2ccccc24)cc1. The second-order valence-corrected chi connectivity index (χ2v) is 14.5. The third kappa shape index (κ3) is 4.53. The molecule has 11 aromatic rings. The van der Waals surface area contributed by atoms with E-state index in [-0.39, 0.29) is 0 Å². The van der Waals surface area contributed by atoms with Crippen LogP contribution in [0.25, 0.3) is 108 Å². The minimum atomic E-state index is 0.867. The van der Waals surface area contributed by atoms with Crippen LogP contribution in [0.5, 0.6) is 0 Å². The highest BCUT2D eigenvalue weighted by atomic mass is 32.1. The van der Waals surface area contributed by atoms with Gasteiger partial charge in [-0.15, -0.1) is 11.3 Å². The Morgan fingerprint density at radius 1 is 0.365 bits per heavy atom. The van der Waals surface area contributed by atoms with E-state index in [1.54, 1.807) is 0 Å². The number of para-hydroxylation sites is 2. The van der Waals surface area contributed by atoms with Crippen LogP contribution >= 0.6 is 11.3 Å². The summed E-state index contributed by atoms with van der Waals surface area (Å²) in [5.74, 6) is 0. The van der Waals surface area contributed by atoms with E-state index in [2.05, 4.69) is 170 Å². The summed E-state index contributed by atoms with van der Waals surface area (Å²) in [4.78, 5) is 5.24. The van der Waals surface area contributed by atoms with Gasteiger partial charge in [0.1, 0.15) is 11.2 Å². The molecule has 0 aliphatic carbocycles. The average molecular weight is 680 g/mol. The number of aromatic nitrogens is 1.